The first-order valence-corrected chi connectivity index (χ1v) is 8.92. The van der Waals surface area contributed by atoms with Crippen LogP contribution in [0, 0.1) is 0 Å². The van der Waals surface area contributed by atoms with Crippen molar-refractivity contribution >= 4 is 47.0 Å². The SMILES string of the molecule is FC(F)(F)C1=C(C(F)(F)F)SC(=C2SC(C(F)(F)F)=C(C(F)(F)F)S2)S1. The Kier molecular flexibility index (Phi) is 5.68. The summed E-state index contributed by atoms with van der Waals surface area (Å²) in [6, 6.07) is 0. The standard InChI is InChI=1S/C10F12S4/c11-7(12,13)1-2(8(14,15)16)24-5(23-1)6-25-3(9(17,18)19)4(26-6)10(20,21)22. The lowest BCUT2D eigenvalue weighted by atomic mass is 10.4. The van der Waals surface area contributed by atoms with E-state index in [9.17, 15) is 52.7 Å². The monoisotopic (exact) mass is 476 g/mol. The quantitative estimate of drug-likeness (QED) is 0.328. The van der Waals surface area contributed by atoms with Crippen molar-refractivity contribution in [2.75, 3.05) is 0 Å². The van der Waals surface area contributed by atoms with Crippen molar-refractivity contribution in [1.82, 2.24) is 0 Å². The largest absolute Gasteiger partial charge is 0.423 e. The highest BCUT2D eigenvalue weighted by Gasteiger charge is 2.54. The minimum Gasteiger partial charge on any atom is -0.166 e. The fourth-order valence-electron chi connectivity index (χ4n) is 1.51. The first kappa shape index (κ1) is 22.1. The molecule has 0 N–H and O–H groups in total. The van der Waals surface area contributed by atoms with Crippen molar-refractivity contribution in [3.8, 4) is 0 Å². The van der Waals surface area contributed by atoms with E-state index in [0.717, 1.165) is 0 Å². The summed E-state index contributed by atoms with van der Waals surface area (Å²) in [7, 11) is 0. The van der Waals surface area contributed by atoms with Gasteiger partial charge in [-0.3, -0.25) is 0 Å². The second-order valence-electron chi connectivity index (χ2n) is 4.29. The summed E-state index contributed by atoms with van der Waals surface area (Å²) >= 11 is -2.20. The van der Waals surface area contributed by atoms with Crippen LogP contribution in [0.5, 0.6) is 0 Å². The maximum atomic E-state index is 12.7. The van der Waals surface area contributed by atoms with Gasteiger partial charge in [0.1, 0.15) is 19.6 Å². The molecule has 0 aromatic rings. The number of thioether (sulfide) groups is 4. The zero-order valence-electron chi connectivity index (χ0n) is 11.2. The number of rotatable bonds is 0. The fraction of sp³-hybridized carbons (Fsp3) is 0.400. The molecule has 0 unspecified atom stereocenters. The van der Waals surface area contributed by atoms with E-state index in [1.54, 1.807) is 0 Å². The van der Waals surface area contributed by atoms with E-state index in [1.807, 2.05) is 0 Å². The van der Waals surface area contributed by atoms with Crippen LogP contribution in [-0.4, -0.2) is 24.7 Å². The Morgan fingerprint density at radius 3 is 0.615 bits per heavy atom. The summed E-state index contributed by atoms with van der Waals surface area (Å²) in [4.78, 5) is -8.53. The van der Waals surface area contributed by atoms with Crippen molar-refractivity contribution in [2.45, 2.75) is 24.7 Å². The molecule has 0 saturated heterocycles. The molecule has 0 amide bonds. The maximum absolute atomic E-state index is 12.7. The lowest BCUT2D eigenvalue weighted by Gasteiger charge is -2.10. The van der Waals surface area contributed by atoms with E-state index in [-0.39, 0.29) is 0 Å². The van der Waals surface area contributed by atoms with Gasteiger partial charge in [0.05, 0.1) is 8.47 Å². The smallest absolute Gasteiger partial charge is 0.166 e. The van der Waals surface area contributed by atoms with Gasteiger partial charge in [-0.15, -0.1) is 0 Å². The van der Waals surface area contributed by atoms with Crippen LogP contribution in [0.15, 0.2) is 28.1 Å². The van der Waals surface area contributed by atoms with Gasteiger partial charge in [0.25, 0.3) is 0 Å². The molecule has 2 rings (SSSR count). The third-order valence-electron chi connectivity index (χ3n) is 2.39. The predicted molar refractivity (Wildman–Crippen MR) is 75.7 cm³/mol. The molecule has 148 valence electrons. The van der Waals surface area contributed by atoms with Crippen LogP contribution in [0.25, 0.3) is 0 Å². The van der Waals surface area contributed by atoms with Crippen molar-refractivity contribution < 1.29 is 52.7 Å². The summed E-state index contributed by atoms with van der Waals surface area (Å²) in [6.07, 6.45) is -21.9. The van der Waals surface area contributed by atoms with Crippen LogP contribution in [0.2, 0.25) is 0 Å². The number of allylic oxidation sites excluding steroid dienone is 4. The van der Waals surface area contributed by atoms with Crippen LogP contribution in [-0.2, 0) is 0 Å². The Balaban J connectivity index is 2.44. The number of alkyl halides is 12. The predicted octanol–water partition coefficient (Wildman–Crippen LogP) is 7.75. The topological polar surface area (TPSA) is 0 Å². The Hall–Kier alpha value is -0.220. The lowest BCUT2D eigenvalue weighted by molar-refractivity contribution is -0.103. The summed E-state index contributed by atoms with van der Waals surface area (Å²) in [6.45, 7) is 0. The molecule has 0 aliphatic carbocycles. The molecule has 2 heterocycles. The Bertz CT molecular complexity index is 583. The molecule has 0 saturated carbocycles. The second kappa shape index (κ2) is 6.69. The van der Waals surface area contributed by atoms with Gasteiger partial charge >= 0.3 is 24.7 Å². The zero-order valence-corrected chi connectivity index (χ0v) is 14.4. The molecule has 0 aromatic carbocycles. The summed E-state index contributed by atoms with van der Waals surface area (Å²) in [5.74, 6) is 0. The van der Waals surface area contributed by atoms with Crippen LogP contribution < -0.4 is 0 Å². The van der Waals surface area contributed by atoms with E-state index in [4.69, 9.17) is 0 Å². The van der Waals surface area contributed by atoms with Gasteiger partial charge in [-0.2, -0.15) is 52.7 Å². The molecule has 0 bridgehead atoms. The van der Waals surface area contributed by atoms with E-state index < -0.39 is 99.8 Å². The first-order chi connectivity index (χ1) is 11.4. The minimum atomic E-state index is -5.47. The normalized spacial score (nSPS) is 20.8. The summed E-state index contributed by atoms with van der Waals surface area (Å²) in [5, 5.41) is 0. The molecular formula is C10F12S4. The van der Waals surface area contributed by atoms with Crippen molar-refractivity contribution in [2.24, 2.45) is 0 Å². The maximum Gasteiger partial charge on any atom is 0.423 e. The average molecular weight is 476 g/mol. The molecule has 0 atom stereocenters. The first-order valence-electron chi connectivity index (χ1n) is 5.65. The summed E-state index contributed by atoms with van der Waals surface area (Å²) < 4.78 is 151. The van der Waals surface area contributed by atoms with Gasteiger partial charge in [-0.1, -0.05) is 47.0 Å². The lowest BCUT2D eigenvalue weighted by Crippen LogP contribution is -2.16. The molecule has 16 heteroatoms. The Morgan fingerprint density at radius 2 is 0.500 bits per heavy atom. The molecule has 2 aliphatic rings. The van der Waals surface area contributed by atoms with Crippen LogP contribution in [0.4, 0.5) is 52.7 Å². The van der Waals surface area contributed by atoms with Gasteiger partial charge in [0.15, 0.2) is 0 Å². The van der Waals surface area contributed by atoms with Crippen molar-refractivity contribution in [3.05, 3.63) is 28.1 Å². The molecule has 0 aromatic heterocycles. The number of halogens is 12. The number of hydrogen-bond acceptors (Lipinski definition) is 4. The molecule has 2 aliphatic heterocycles. The Labute approximate surface area is 152 Å². The highest BCUT2D eigenvalue weighted by Crippen LogP contribution is 2.67. The average Bonchev–Trinajstić information content (AvgIpc) is 3.00. The molecule has 26 heavy (non-hydrogen) atoms. The molecule has 0 spiro atoms. The van der Waals surface area contributed by atoms with Gasteiger partial charge in [-0.25, -0.2) is 0 Å². The van der Waals surface area contributed by atoms with Gasteiger partial charge in [0.2, 0.25) is 0 Å². The molecule has 0 nitrogen and oxygen atoms in total. The zero-order chi connectivity index (χ0) is 20.3. The second-order valence-corrected chi connectivity index (χ2v) is 8.89. The third-order valence-corrected chi connectivity index (χ3v) is 8.28. The van der Waals surface area contributed by atoms with Gasteiger partial charge in [-0.05, 0) is 0 Å². The molecule has 0 radical (unpaired) electrons. The third kappa shape index (κ3) is 4.60. The Morgan fingerprint density at radius 1 is 0.346 bits per heavy atom. The van der Waals surface area contributed by atoms with Crippen LogP contribution >= 0.6 is 47.0 Å². The fourth-order valence-corrected chi connectivity index (χ4v) is 6.72. The van der Waals surface area contributed by atoms with E-state index in [2.05, 4.69) is 0 Å². The van der Waals surface area contributed by atoms with Gasteiger partial charge in [0, 0.05) is 0 Å². The van der Waals surface area contributed by atoms with E-state index >= 15 is 0 Å². The van der Waals surface area contributed by atoms with Crippen LogP contribution in [0.3, 0.4) is 0 Å². The van der Waals surface area contributed by atoms with E-state index in [1.165, 1.54) is 0 Å². The van der Waals surface area contributed by atoms with Crippen molar-refractivity contribution in [1.29, 1.82) is 0 Å². The van der Waals surface area contributed by atoms with E-state index in [0.29, 0.717) is 0 Å². The highest BCUT2D eigenvalue weighted by molar-refractivity contribution is 8.34. The van der Waals surface area contributed by atoms with Gasteiger partial charge < -0.3 is 0 Å². The molecular weight excluding hydrogens is 476 g/mol. The molecule has 0 fully saturated rings. The highest BCUT2D eigenvalue weighted by atomic mass is 32.2. The minimum absolute atomic E-state index is 0.551. The van der Waals surface area contributed by atoms with Crippen molar-refractivity contribution in [3.63, 3.8) is 0 Å². The summed E-state index contributed by atoms with van der Waals surface area (Å²) in [5.41, 5.74) is 0. The number of hydrogen-bond donors (Lipinski definition) is 0. The van der Waals surface area contributed by atoms with Crippen LogP contribution in [0.1, 0.15) is 0 Å².